The molecular formula is C16H13NOS. The van der Waals surface area contributed by atoms with Gasteiger partial charge in [0.25, 0.3) is 0 Å². The number of ketones is 1. The summed E-state index contributed by atoms with van der Waals surface area (Å²) in [5.74, 6) is 0.0325. The van der Waals surface area contributed by atoms with E-state index in [0.717, 1.165) is 21.6 Å². The van der Waals surface area contributed by atoms with Crippen LogP contribution in [0.15, 0.2) is 58.3 Å². The number of allylic oxidation sites excluding steroid dienone is 1. The van der Waals surface area contributed by atoms with E-state index in [1.54, 1.807) is 0 Å². The Morgan fingerprint density at radius 2 is 1.84 bits per heavy atom. The van der Waals surface area contributed by atoms with Crippen molar-refractivity contribution in [3.8, 4) is 0 Å². The van der Waals surface area contributed by atoms with Gasteiger partial charge in [-0.2, -0.15) is 0 Å². The number of Topliss-reactive ketones (excluding diaryl/α,β-unsaturated/α-hetero) is 1. The zero-order chi connectivity index (χ0) is 13.4. The van der Waals surface area contributed by atoms with Crippen LogP contribution in [0.4, 0.5) is 0 Å². The molecule has 3 rings (SSSR count). The quantitative estimate of drug-likeness (QED) is 0.803. The van der Waals surface area contributed by atoms with Gasteiger partial charge in [-0.1, -0.05) is 53.7 Å². The zero-order valence-electron chi connectivity index (χ0n) is 10.5. The minimum atomic E-state index is 0.0325. The number of fused-ring (bicyclic) bond motifs is 1. The molecule has 2 aromatic carbocycles. The molecule has 0 unspecified atom stereocenters. The van der Waals surface area contributed by atoms with Gasteiger partial charge >= 0.3 is 0 Å². The summed E-state index contributed by atoms with van der Waals surface area (Å²) >= 11 is 1.46. The maximum absolute atomic E-state index is 12.4. The summed E-state index contributed by atoms with van der Waals surface area (Å²) < 4.78 is 0. The maximum Gasteiger partial charge on any atom is 0.202 e. The van der Waals surface area contributed by atoms with Crippen LogP contribution in [-0.4, -0.2) is 5.78 Å². The summed E-state index contributed by atoms with van der Waals surface area (Å²) in [7, 11) is 0. The Kier molecular flexibility index (Phi) is 2.91. The van der Waals surface area contributed by atoms with Crippen LogP contribution in [0, 0.1) is 6.92 Å². The Morgan fingerprint density at radius 3 is 2.58 bits per heavy atom. The van der Waals surface area contributed by atoms with Crippen LogP contribution in [0.2, 0.25) is 0 Å². The number of carbonyl (C=O) groups is 1. The van der Waals surface area contributed by atoms with E-state index in [9.17, 15) is 4.79 Å². The molecule has 0 aromatic heterocycles. The van der Waals surface area contributed by atoms with Gasteiger partial charge in [-0.3, -0.25) is 4.79 Å². The lowest BCUT2D eigenvalue weighted by Crippen LogP contribution is -2.04. The van der Waals surface area contributed by atoms with E-state index < -0.39 is 0 Å². The molecular weight excluding hydrogens is 254 g/mol. The van der Waals surface area contributed by atoms with Crippen LogP contribution < -0.4 is 5.73 Å². The van der Waals surface area contributed by atoms with Gasteiger partial charge in [-0.05, 0) is 24.6 Å². The highest BCUT2D eigenvalue weighted by Crippen LogP contribution is 2.42. The van der Waals surface area contributed by atoms with Gasteiger partial charge in [0, 0.05) is 10.5 Å². The monoisotopic (exact) mass is 267 g/mol. The molecule has 2 N–H and O–H groups in total. The Balaban J connectivity index is 2.09. The van der Waals surface area contributed by atoms with Crippen molar-refractivity contribution >= 4 is 23.2 Å². The summed E-state index contributed by atoms with van der Waals surface area (Å²) in [6, 6.07) is 15.5. The molecule has 0 spiro atoms. The van der Waals surface area contributed by atoms with Gasteiger partial charge in [0.05, 0.1) is 10.6 Å². The minimum absolute atomic E-state index is 0.0325. The molecule has 0 aliphatic carbocycles. The number of thioether (sulfide) groups is 1. The summed E-state index contributed by atoms with van der Waals surface area (Å²) in [5.41, 5.74) is 9.45. The molecule has 3 heteroatoms. The number of benzene rings is 2. The third-order valence-electron chi connectivity index (χ3n) is 3.13. The summed E-state index contributed by atoms with van der Waals surface area (Å²) in [4.78, 5) is 14.0. The standard InChI is InChI=1S/C16H13NOS/c1-10-7-8-13-12(9-10)15(18)16(19-13)14(17)11-5-3-2-4-6-11/h2-9H,17H2,1H3. The minimum Gasteiger partial charge on any atom is -0.397 e. The van der Waals surface area contributed by atoms with Crippen molar-refractivity contribution in [1.29, 1.82) is 0 Å². The highest BCUT2D eigenvalue weighted by atomic mass is 32.2. The molecule has 0 saturated carbocycles. The average Bonchev–Trinajstić information content (AvgIpc) is 2.76. The van der Waals surface area contributed by atoms with Crippen molar-refractivity contribution in [3.63, 3.8) is 0 Å². The van der Waals surface area contributed by atoms with Crippen LogP contribution in [0.1, 0.15) is 21.5 Å². The first-order valence-corrected chi connectivity index (χ1v) is 6.87. The van der Waals surface area contributed by atoms with E-state index in [0.29, 0.717) is 10.6 Å². The summed E-state index contributed by atoms with van der Waals surface area (Å²) in [6.07, 6.45) is 0. The highest BCUT2D eigenvalue weighted by molar-refractivity contribution is 8.05. The van der Waals surface area contributed by atoms with Gasteiger partial charge in [0.1, 0.15) is 0 Å². The van der Waals surface area contributed by atoms with Gasteiger partial charge in [0.15, 0.2) is 0 Å². The van der Waals surface area contributed by atoms with E-state index in [4.69, 9.17) is 5.73 Å². The second-order valence-electron chi connectivity index (χ2n) is 4.54. The first kappa shape index (κ1) is 12.1. The molecule has 0 bridgehead atoms. The van der Waals surface area contributed by atoms with E-state index in [1.807, 2.05) is 55.5 Å². The SMILES string of the molecule is Cc1ccc2c(c1)C(=O)C(=C(N)c1ccccc1)S2. The largest absolute Gasteiger partial charge is 0.397 e. The lowest BCUT2D eigenvalue weighted by Gasteiger charge is -2.04. The maximum atomic E-state index is 12.4. The molecule has 0 fully saturated rings. The van der Waals surface area contributed by atoms with Crippen molar-refractivity contribution in [3.05, 3.63) is 70.1 Å². The van der Waals surface area contributed by atoms with E-state index in [2.05, 4.69) is 0 Å². The van der Waals surface area contributed by atoms with Crippen molar-refractivity contribution in [2.45, 2.75) is 11.8 Å². The fourth-order valence-corrected chi connectivity index (χ4v) is 3.16. The lowest BCUT2D eigenvalue weighted by molar-refractivity contribution is 0.104. The molecule has 2 nitrogen and oxygen atoms in total. The van der Waals surface area contributed by atoms with Crippen LogP contribution in [-0.2, 0) is 0 Å². The number of hydrogen-bond donors (Lipinski definition) is 1. The van der Waals surface area contributed by atoms with Crippen molar-refractivity contribution in [2.24, 2.45) is 5.73 Å². The topological polar surface area (TPSA) is 43.1 Å². The number of rotatable bonds is 1. The van der Waals surface area contributed by atoms with Gasteiger partial charge in [-0.25, -0.2) is 0 Å². The molecule has 0 radical (unpaired) electrons. The molecule has 94 valence electrons. The summed E-state index contributed by atoms with van der Waals surface area (Å²) in [5, 5.41) is 0. The smallest absolute Gasteiger partial charge is 0.202 e. The summed E-state index contributed by atoms with van der Waals surface area (Å²) in [6.45, 7) is 1.99. The average molecular weight is 267 g/mol. The Bertz CT molecular complexity index is 689. The molecule has 19 heavy (non-hydrogen) atoms. The van der Waals surface area contributed by atoms with Crippen LogP contribution >= 0.6 is 11.8 Å². The van der Waals surface area contributed by atoms with E-state index >= 15 is 0 Å². The van der Waals surface area contributed by atoms with Crippen molar-refractivity contribution in [1.82, 2.24) is 0 Å². The third-order valence-corrected chi connectivity index (χ3v) is 4.31. The fraction of sp³-hybridized carbons (Fsp3) is 0.0625. The lowest BCUT2D eigenvalue weighted by atomic mass is 10.1. The van der Waals surface area contributed by atoms with Crippen LogP contribution in [0.5, 0.6) is 0 Å². The molecule has 0 atom stereocenters. The second-order valence-corrected chi connectivity index (χ2v) is 5.59. The van der Waals surface area contributed by atoms with Crippen LogP contribution in [0.3, 0.4) is 0 Å². The van der Waals surface area contributed by atoms with Gasteiger partial charge in [-0.15, -0.1) is 0 Å². The second kappa shape index (κ2) is 4.59. The molecule has 2 aromatic rings. The highest BCUT2D eigenvalue weighted by Gasteiger charge is 2.28. The molecule has 0 saturated heterocycles. The van der Waals surface area contributed by atoms with Crippen molar-refractivity contribution < 1.29 is 4.79 Å². The fourth-order valence-electron chi connectivity index (χ4n) is 2.11. The van der Waals surface area contributed by atoms with E-state index in [-0.39, 0.29) is 5.78 Å². The molecule has 0 amide bonds. The Labute approximate surface area is 116 Å². The van der Waals surface area contributed by atoms with E-state index in [1.165, 1.54) is 11.8 Å². The molecule has 1 heterocycles. The zero-order valence-corrected chi connectivity index (χ0v) is 11.3. The Morgan fingerprint density at radius 1 is 1.11 bits per heavy atom. The predicted octanol–water partition coefficient (Wildman–Crippen LogP) is 3.61. The number of carbonyl (C=O) groups excluding carboxylic acids is 1. The number of nitrogens with two attached hydrogens (primary N) is 1. The first-order valence-electron chi connectivity index (χ1n) is 6.05. The normalized spacial score (nSPS) is 16.4. The van der Waals surface area contributed by atoms with Crippen LogP contribution in [0.25, 0.3) is 5.70 Å². The predicted molar refractivity (Wildman–Crippen MR) is 78.9 cm³/mol. The number of aryl methyl sites for hydroxylation is 1. The van der Waals surface area contributed by atoms with Crippen molar-refractivity contribution in [2.75, 3.05) is 0 Å². The number of hydrogen-bond acceptors (Lipinski definition) is 3. The third kappa shape index (κ3) is 2.06. The van der Waals surface area contributed by atoms with Gasteiger partial charge in [0.2, 0.25) is 5.78 Å². The molecule has 1 aliphatic heterocycles. The molecule has 1 aliphatic rings. The van der Waals surface area contributed by atoms with Gasteiger partial charge < -0.3 is 5.73 Å². The first-order chi connectivity index (χ1) is 9.16. The Hall–Kier alpha value is -2.00.